The molecule has 2 heteroatoms. The highest BCUT2D eigenvalue weighted by Gasteiger charge is 2.13. The molecule has 0 bridgehead atoms. The van der Waals surface area contributed by atoms with E-state index in [0.29, 0.717) is 5.92 Å². The lowest BCUT2D eigenvalue weighted by Crippen LogP contribution is -2.24. The van der Waals surface area contributed by atoms with Gasteiger partial charge in [-0.1, -0.05) is 25.5 Å². The van der Waals surface area contributed by atoms with Crippen LogP contribution in [0.15, 0.2) is 24.3 Å². The van der Waals surface area contributed by atoms with Crippen LogP contribution in [0.4, 0.5) is 5.69 Å². The van der Waals surface area contributed by atoms with Crippen LogP contribution in [0.25, 0.3) is 0 Å². The number of benzene rings is 1. The van der Waals surface area contributed by atoms with Crippen molar-refractivity contribution in [1.82, 2.24) is 0 Å². The molecule has 1 aromatic carbocycles. The monoisotopic (exact) mass is 233 g/mol. The maximum atomic E-state index is 5.48. The van der Waals surface area contributed by atoms with E-state index in [0.717, 1.165) is 19.8 Å². The van der Waals surface area contributed by atoms with E-state index in [4.69, 9.17) is 4.74 Å². The zero-order valence-corrected chi connectivity index (χ0v) is 10.7. The standard InChI is InChI=1S/C15H23NO/c1-2-4-13-6-8-15(9-7-13)16-11-14-5-3-10-17-12-14/h6-9,14,16H,2-5,10-12H2,1H3. The summed E-state index contributed by atoms with van der Waals surface area (Å²) >= 11 is 0. The first-order valence-corrected chi connectivity index (χ1v) is 6.79. The van der Waals surface area contributed by atoms with Crippen LogP contribution in [0.5, 0.6) is 0 Å². The third kappa shape index (κ3) is 4.04. The largest absolute Gasteiger partial charge is 0.385 e. The molecule has 1 heterocycles. The van der Waals surface area contributed by atoms with Crippen molar-refractivity contribution in [3.05, 3.63) is 29.8 Å². The maximum Gasteiger partial charge on any atom is 0.0511 e. The van der Waals surface area contributed by atoms with Crippen molar-refractivity contribution in [3.63, 3.8) is 0 Å². The highest BCUT2D eigenvalue weighted by Crippen LogP contribution is 2.16. The van der Waals surface area contributed by atoms with E-state index in [1.165, 1.54) is 36.9 Å². The van der Waals surface area contributed by atoms with Gasteiger partial charge in [0.2, 0.25) is 0 Å². The van der Waals surface area contributed by atoms with Gasteiger partial charge in [-0.2, -0.15) is 0 Å². The van der Waals surface area contributed by atoms with E-state index in [2.05, 4.69) is 36.5 Å². The number of nitrogens with one attached hydrogen (secondary N) is 1. The fourth-order valence-electron chi connectivity index (χ4n) is 2.31. The predicted octanol–water partition coefficient (Wildman–Crippen LogP) is 3.48. The van der Waals surface area contributed by atoms with Crippen molar-refractivity contribution in [1.29, 1.82) is 0 Å². The van der Waals surface area contributed by atoms with Crippen LogP contribution in [-0.2, 0) is 11.2 Å². The highest BCUT2D eigenvalue weighted by molar-refractivity contribution is 5.44. The molecule has 1 fully saturated rings. The summed E-state index contributed by atoms with van der Waals surface area (Å²) in [4.78, 5) is 0. The quantitative estimate of drug-likeness (QED) is 0.840. The molecule has 17 heavy (non-hydrogen) atoms. The van der Waals surface area contributed by atoms with Crippen LogP contribution in [-0.4, -0.2) is 19.8 Å². The second-order valence-corrected chi connectivity index (χ2v) is 4.91. The number of hydrogen-bond acceptors (Lipinski definition) is 2. The molecule has 0 aliphatic carbocycles. The molecule has 0 spiro atoms. The van der Waals surface area contributed by atoms with E-state index < -0.39 is 0 Å². The predicted molar refractivity (Wildman–Crippen MR) is 72.5 cm³/mol. The van der Waals surface area contributed by atoms with Crippen LogP contribution in [0.3, 0.4) is 0 Å². The van der Waals surface area contributed by atoms with E-state index in [-0.39, 0.29) is 0 Å². The summed E-state index contributed by atoms with van der Waals surface area (Å²) in [5, 5.41) is 3.50. The first-order valence-electron chi connectivity index (χ1n) is 6.79. The second kappa shape index (κ2) is 6.65. The van der Waals surface area contributed by atoms with Crippen molar-refractivity contribution in [3.8, 4) is 0 Å². The normalized spacial score (nSPS) is 20.2. The number of ether oxygens (including phenoxy) is 1. The van der Waals surface area contributed by atoms with Gasteiger partial charge in [0.05, 0.1) is 6.61 Å². The molecular weight excluding hydrogens is 210 g/mol. The number of rotatable bonds is 5. The Morgan fingerprint density at radius 1 is 1.29 bits per heavy atom. The summed E-state index contributed by atoms with van der Waals surface area (Å²) in [5.41, 5.74) is 2.66. The van der Waals surface area contributed by atoms with Gasteiger partial charge in [-0.25, -0.2) is 0 Å². The topological polar surface area (TPSA) is 21.3 Å². The Bertz CT molecular complexity index is 314. The summed E-state index contributed by atoms with van der Waals surface area (Å²) in [6.07, 6.45) is 4.89. The molecule has 1 aliphatic rings. The van der Waals surface area contributed by atoms with Crippen LogP contribution in [0, 0.1) is 5.92 Å². The average molecular weight is 233 g/mol. The Balaban J connectivity index is 1.77. The average Bonchev–Trinajstić information content (AvgIpc) is 2.40. The van der Waals surface area contributed by atoms with Gasteiger partial charge in [0, 0.05) is 18.8 Å². The summed E-state index contributed by atoms with van der Waals surface area (Å²) in [7, 11) is 0. The van der Waals surface area contributed by atoms with Gasteiger partial charge in [0.25, 0.3) is 0 Å². The van der Waals surface area contributed by atoms with Gasteiger partial charge < -0.3 is 10.1 Å². The zero-order chi connectivity index (χ0) is 11.9. The number of anilines is 1. The molecule has 1 atom stereocenters. The molecule has 1 N–H and O–H groups in total. The Kier molecular flexibility index (Phi) is 4.87. The minimum atomic E-state index is 0.680. The molecule has 1 aromatic rings. The first kappa shape index (κ1) is 12.4. The van der Waals surface area contributed by atoms with Crippen molar-refractivity contribution in [2.75, 3.05) is 25.1 Å². The van der Waals surface area contributed by atoms with Crippen LogP contribution >= 0.6 is 0 Å². The summed E-state index contributed by atoms with van der Waals surface area (Å²) in [6, 6.07) is 8.83. The molecule has 1 unspecified atom stereocenters. The van der Waals surface area contributed by atoms with Gasteiger partial charge in [-0.3, -0.25) is 0 Å². The Labute approximate surface area is 104 Å². The molecule has 1 saturated heterocycles. The SMILES string of the molecule is CCCc1ccc(NCC2CCCOC2)cc1. The maximum absolute atomic E-state index is 5.48. The van der Waals surface area contributed by atoms with Gasteiger partial charge >= 0.3 is 0 Å². The number of aryl methyl sites for hydroxylation is 1. The van der Waals surface area contributed by atoms with Gasteiger partial charge in [0.1, 0.15) is 0 Å². The lowest BCUT2D eigenvalue weighted by Gasteiger charge is -2.22. The molecule has 2 nitrogen and oxygen atoms in total. The van der Waals surface area contributed by atoms with Crippen molar-refractivity contribution >= 4 is 5.69 Å². The fourth-order valence-corrected chi connectivity index (χ4v) is 2.31. The minimum absolute atomic E-state index is 0.680. The molecule has 0 amide bonds. The summed E-state index contributed by atoms with van der Waals surface area (Å²) in [6.45, 7) is 5.12. The summed E-state index contributed by atoms with van der Waals surface area (Å²) in [5.74, 6) is 0.680. The van der Waals surface area contributed by atoms with E-state index in [1.54, 1.807) is 0 Å². The smallest absolute Gasteiger partial charge is 0.0511 e. The fraction of sp³-hybridized carbons (Fsp3) is 0.600. The Morgan fingerprint density at radius 2 is 2.12 bits per heavy atom. The third-order valence-electron chi connectivity index (χ3n) is 3.34. The highest BCUT2D eigenvalue weighted by atomic mass is 16.5. The van der Waals surface area contributed by atoms with Gasteiger partial charge in [-0.15, -0.1) is 0 Å². The van der Waals surface area contributed by atoms with E-state index in [9.17, 15) is 0 Å². The third-order valence-corrected chi connectivity index (χ3v) is 3.34. The van der Waals surface area contributed by atoms with Crippen molar-refractivity contribution < 1.29 is 4.74 Å². The molecular formula is C15H23NO. The van der Waals surface area contributed by atoms with Crippen LogP contribution < -0.4 is 5.32 Å². The van der Waals surface area contributed by atoms with Gasteiger partial charge in [0.15, 0.2) is 0 Å². The summed E-state index contributed by atoms with van der Waals surface area (Å²) < 4.78 is 5.48. The molecule has 1 aliphatic heterocycles. The minimum Gasteiger partial charge on any atom is -0.385 e. The van der Waals surface area contributed by atoms with Gasteiger partial charge in [-0.05, 0) is 42.9 Å². The van der Waals surface area contributed by atoms with E-state index >= 15 is 0 Å². The molecule has 2 rings (SSSR count). The first-order chi connectivity index (χ1) is 8.38. The van der Waals surface area contributed by atoms with Crippen molar-refractivity contribution in [2.24, 2.45) is 5.92 Å². The van der Waals surface area contributed by atoms with Crippen LogP contribution in [0.1, 0.15) is 31.7 Å². The zero-order valence-electron chi connectivity index (χ0n) is 10.7. The van der Waals surface area contributed by atoms with Crippen LogP contribution in [0.2, 0.25) is 0 Å². The van der Waals surface area contributed by atoms with E-state index in [1.807, 2.05) is 0 Å². The molecule has 0 aromatic heterocycles. The lowest BCUT2D eigenvalue weighted by atomic mass is 10.0. The molecule has 94 valence electrons. The van der Waals surface area contributed by atoms with Crippen molar-refractivity contribution in [2.45, 2.75) is 32.6 Å². The lowest BCUT2D eigenvalue weighted by molar-refractivity contribution is 0.0595. The molecule has 0 radical (unpaired) electrons. The second-order valence-electron chi connectivity index (χ2n) is 4.91. The Hall–Kier alpha value is -1.02. The molecule has 0 saturated carbocycles. The Morgan fingerprint density at radius 3 is 2.76 bits per heavy atom. The number of hydrogen-bond donors (Lipinski definition) is 1.